The van der Waals surface area contributed by atoms with E-state index in [-0.39, 0.29) is 17.6 Å². The Morgan fingerprint density at radius 3 is 2.74 bits per heavy atom. The Morgan fingerprint density at radius 2 is 1.94 bits per heavy atom. The molecule has 0 bridgehead atoms. The summed E-state index contributed by atoms with van der Waals surface area (Å²) in [5.74, 6) is -0.599. The summed E-state index contributed by atoms with van der Waals surface area (Å²) in [4.78, 5) is 18.3. The van der Waals surface area contributed by atoms with Gasteiger partial charge in [0.2, 0.25) is 0 Å². The third kappa shape index (κ3) is 3.93. The minimum Gasteiger partial charge on any atom is -0.373 e. The molecule has 1 saturated heterocycles. The molecular weight excluding hydrogens is 418 g/mol. The van der Waals surface area contributed by atoms with Gasteiger partial charge in [-0.1, -0.05) is 0 Å². The molecule has 0 spiro atoms. The average molecular weight is 439 g/mol. The summed E-state index contributed by atoms with van der Waals surface area (Å²) in [5, 5.41) is 0.822. The molecular formula is C23H20F2N4OS. The Morgan fingerprint density at radius 1 is 1.06 bits per heavy atom. The van der Waals surface area contributed by atoms with Crippen molar-refractivity contribution >= 4 is 21.7 Å². The van der Waals surface area contributed by atoms with Crippen LogP contribution in [0.4, 0.5) is 8.78 Å². The molecule has 0 aliphatic carbocycles. The van der Waals surface area contributed by atoms with E-state index in [1.54, 1.807) is 6.20 Å². The van der Waals surface area contributed by atoms with Crippen LogP contribution in [0.3, 0.4) is 0 Å². The van der Waals surface area contributed by atoms with Crippen LogP contribution in [-0.2, 0) is 4.74 Å². The quantitative estimate of drug-likeness (QED) is 0.412. The highest BCUT2D eigenvalue weighted by Gasteiger charge is 2.29. The van der Waals surface area contributed by atoms with Crippen LogP contribution in [-0.4, -0.2) is 26.5 Å². The fourth-order valence-electron chi connectivity index (χ4n) is 4.02. The highest BCUT2D eigenvalue weighted by atomic mass is 32.1. The lowest BCUT2D eigenvalue weighted by molar-refractivity contribution is 0.00394. The molecule has 0 N–H and O–H groups in total. The van der Waals surface area contributed by atoms with Crippen molar-refractivity contribution in [3.63, 3.8) is 0 Å². The standard InChI is InChI=1S/C23H20F2N4OS/c1-12-9-14(5-7-26-12)19-10-15(6-8-30-19)22-28-20(17-4-3-16(24)11-18(17)25)21-23(29-22)27-13(2)31-21/h3-5,7,9,11,15,19H,6,8,10H2,1-2H3/t15-,19+/m0/s1. The van der Waals surface area contributed by atoms with Crippen molar-refractivity contribution in [1.29, 1.82) is 0 Å². The number of fused-ring (bicyclic) bond motifs is 1. The molecule has 1 aromatic carbocycles. The summed E-state index contributed by atoms with van der Waals surface area (Å²) in [7, 11) is 0. The van der Waals surface area contributed by atoms with E-state index in [1.807, 2.05) is 26.0 Å². The number of thiazole rings is 1. The first-order chi connectivity index (χ1) is 15.0. The number of ether oxygens (including phenoxy) is 1. The highest BCUT2D eigenvalue weighted by molar-refractivity contribution is 7.19. The molecule has 8 heteroatoms. The lowest BCUT2D eigenvalue weighted by Gasteiger charge is -2.29. The second kappa shape index (κ2) is 8.01. The fourth-order valence-corrected chi connectivity index (χ4v) is 4.89. The van der Waals surface area contributed by atoms with E-state index in [1.165, 1.54) is 23.5 Å². The molecule has 2 atom stereocenters. The van der Waals surface area contributed by atoms with Crippen LogP contribution in [0.2, 0.25) is 0 Å². The van der Waals surface area contributed by atoms with Gasteiger partial charge in [-0.15, -0.1) is 11.3 Å². The molecule has 0 radical (unpaired) electrons. The van der Waals surface area contributed by atoms with Gasteiger partial charge in [0.25, 0.3) is 0 Å². The molecule has 1 fully saturated rings. The highest BCUT2D eigenvalue weighted by Crippen LogP contribution is 2.39. The molecule has 3 aromatic heterocycles. The van der Waals surface area contributed by atoms with Crippen LogP contribution in [0.15, 0.2) is 36.5 Å². The Labute approximate surface area is 182 Å². The lowest BCUT2D eigenvalue weighted by Crippen LogP contribution is -2.20. The average Bonchev–Trinajstić information content (AvgIpc) is 3.13. The molecule has 5 nitrogen and oxygen atoms in total. The zero-order chi connectivity index (χ0) is 21.5. The van der Waals surface area contributed by atoms with Gasteiger partial charge in [0.1, 0.15) is 22.2 Å². The predicted molar refractivity (Wildman–Crippen MR) is 115 cm³/mol. The predicted octanol–water partition coefficient (Wildman–Crippen LogP) is 5.68. The summed E-state index contributed by atoms with van der Waals surface area (Å²) < 4.78 is 34.8. The SMILES string of the molecule is Cc1cc([C@H]2C[C@@H](c3nc(-c4ccc(F)cc4F)c4sc(C)nc4n3)CCO2)ccn1. The molecule has 0 unspecified atom stereocenters. The maximum atomic E-state index is 14.6. The minimum atomic E-state index is -0.644. The normalized spacial score (nSPS) is 19.1. The number of hydrogen-bond acceptors (Lipinski definition) is 6. The summed E-state index contributed by atoms with van der Waals surface area (Å²) in [6.07, 6.45) is 3.18. The van der Waals surface area contributed by atoms with Crippen molar-refractivity contribution in [2.45, 2.75) is 38.7 Å². The van der Waals surface area contributed by atoms with Crippen molar-refractivity contribution in [1.82, 2.24) is 19.9 Å². The topological polar surface area (TPSA) is 60.8 Å². The van der Waals surface area contributed by atoms with E-state index in [0.29, 0.717) is 34.9 Å². The number of benzene rings is 1. The Balaban J connectivity index is 1.57. The molecule has 1 aliphatic heterocycles. The first kappa shape index (κ1) is 20.1. The van der Waals surface area contributed by atoms with Gasteiger partial charge in [-0.25, -0.2) is 23.7 Å². The zero-order valence-corrected chi connectivity index (χ0v) is 17.9. The number of halogens is 2. The van der Waals surface area contributed by atoms with Crippen molar-refractivity contribution in [2.24, 2.45) is 0 Å². The van der Waals surface area contributed by atoms with Crippen LogP contribution < -0.4 is 0 Å². The number of pyridine rings is 1. The number of hydrogen-bond donors (Lipinski definition) is 0. The summed E-state index contributed by atoms with van der Waals surface area (Å²) in [5.41, 5.74) is 3.28. The Hall–Kier alpha value is -2.84. The number of aryl methyl sites for hydroxylation is 2. The van der Waals surface area contributed by atoms with Gasteiger partial charge in [0.05, 0.1) is 16.8 Å². The van der Waals surface area contributed by atoms with Crippen molar-refractivity contribution in [2.75, 3.05) is 6.61 Å². The van der Waals surface area contributed by atoms with Crippen LogP contribution in [0.5, 0.6) is 0 Å². The van der Waals surface area contributed by atoms with Gasteiger partial charge >= 0.3 is 0 Å². The number of nitrogens with zero attached hydrogens (tertiary/aromatic N) is 4. The summed E-state index contributed by atoms with van der Waals surface area (Å²) >= 11 is 1.41. The first-order valence-electron chi connectivity index (χ1n) is 10.1. The molecule has 0 amide bonds. The van der Waals surface area contributed by atoms with E-state index in [9.17, 15) is 8.78 Å². The largest absolute Gasteiger partial charge is 0.373 e. The van der Waals surface area contributed by atoms with Crippen molar-refractivity contribution in [3.8, 4) is 11.3 Å². The molecule has 4 heterocycles. The zero-order valence-electron chi connectivity index (χ0n) is 17.1. The van der Waals surface area contributed by atoms with Gasteiger partial charge in [0.15, 0.2) is 5.65 Å². The van der Waals surface area contributed by atoms with E-state index < -0.39 is 11.6 Å². The van der Waals surface area contributed by atoms with Gasteiger partial charge in [-0.05, 0) is 56.5 Å². The molecule has 5 rings (SSSR count). The van der Waals surface area contributed by atoms with Gasteiger partial charge in [-0.3, -0.25) is 4.98 Å². The molecule has 158 valence electrons. The smallest absolute Gasteiger partial charge is 0.174 e. The fraction of sp³-hybridized carbons (Fsp3) is 0.304. The first-order valence-corrected chi connectivity index (χ1v) is 10.9. The van der Waals surface area contributed by atoms with E-state index in [4.69, 9.17) is 14.7 Å². The van der Waals surface area contributed by atoms with Crippen LogP contribution in [0, 0.1) is 25.5 Å². The third-order valence-electron chi connectivity index (χ3n) is 5.51. The van der Waals surface area contributed by atoms with Crippen molar-refractivity contribution in [3.05, 3.63) is 70.3 Å². The second-order valence-corrected chi connectivity index (χ2v) is 8.95. The summed E-state index contributed by atoms with van der Waals surface area (Å²) in [6, 6.07) is 7.55. The van der Waals surface area contributed by atoms with Crippen LogP contribution in [0.25, 0.3) is 21.6 Å². The van der Waals surface area contributed by atoms with Gasteiger partial charge in [-0.2, -0.15) is 0 Å². The Bertz CT molecular complexity index is 1280. The maximum Gasteiger partial charge on any atom is 0.174 e. The van der Waals surface area contributed by atoms with Crippen molar-refractivity contribution < 1.29 is 13.5 Å². The maximum absolute atomic E-state index is 14.6. The van der Waals surface area contributed by atoms with Crippen LogP contribution >= 0.6 is 11.3 Å². The molecule has 0 saturated carbocycles. The van der Waals surface area contributed by atoms with Crippen LogP contribution in [0.1, 0.15) is 47.0 Å². The monoisotopic (exact) mass is 438 g/mol. The molecule has 1 aliphatic rings. The second-order valence-electron chi connectivity index (χ2n) is 7.75. The van der Waals surface area contributed by atoms with E-state index in [2.05, 4.69) is 9.97 Å². The van der Waals surface area contributed by atoms with Gasteiger partial charge < -0.3 is 4.74 Å². The van der Waals surface area contributed by atoms with Gasteiger partial charge in [0, 0.05) is 36.0 Å². The Kier molecular flexibility index (Phi) is 5.19. The number of aromatic nitrogens is 4. The number of rotatable bonds is 3. The molecule has 31 heavy (non-hydrogen) atoms. The lowest BCUT2D eigenvalue weighted by atomic mass is 9.91. The molecule has 4 aromatic rings. The third-order valence-corrected chi connectivity index (χ3v) is 6.47. The summed E-state index contributed by atoms with van der Waals surface area (Å²) in [6.45, 7) is 4.41. The minimum absolute atomic E-state index is 0.0425. The van der Waals surface area contributed by atoms with E-state index >= 15 is 0 Å². The van der Waals surface area contributed by atoms with E-state index in [0.717, 1.165) is 28.8 Å².